The second-order valence-corrected chi connectivity index (χ2v) is 6.67. The molecule has 0 radical (unpaired) electrons. The van der Waals surface area contributed by atoms with Crippen LogP contribution in [-0.2, 0) is 12.8 Å². The van der Waals surface area contributed by atoms with Crippen molar-refractivity contribution in [1.82, 2.24) is 5.16 Å². The van der Waals surface area contributed by atoms with Crippen LogP contribution in [-0.4, -0.2) is 5.16 Å². The molecule has 0 atom stereocenters. The lowest BCUT2D eigenvalue weighted by Gasteiger charge is -2.05. The molecule has 0 bridgehead atoms. The summed E-state index contributed by atoms with van der Waals surface area (Å²) in [7, 11) is 0. The quantitative estimate of drug-likeness (QED) is 0.700. The minimum atomic E-state index is 0.452. The number of anilines is 1. The van der Waals surface area contributed by atoms with Crippen molar-refractivity contribution < 1.29 is 4.52 Å². The van der Waals surface area contributed by atoms with E-state index < -0.39 is 0 Å². The van der Waals surface area contributed by atoms with Crippen LogP contribution in [0.4, 0.5) is 5.82 Å². The highest BCUT2D eigenvalue weighted by atomic mass is 79.9. The summed E-state index contributed by atoms with van der Waals surface area (Å²) in [6, 6.07) is 12.2. The number of aryl methyl sites for hydroxylation is 2. The Morgan fingerprint density at radius 3 is 2.76 bits per heavy atom. The monoisotopic (exact) mass is 362 g/mol. The molecule has 0 fully saturated rings. The van der Waals surface area contributed by atoms with Crippen LogP contribution in [0, 0.1) is 0 Å². The highest BCUT2D eigenvalue weighted by Crippen LogP contribution is 2.35. The van der Waals surface area contributed by atoms with Gasteiger partial charge in [0.05, 0.1) is 5.56 Å². The van der Waals surface area contributed by atoms with Crippen LogP contribution < -0.4 is 5.73 Å². The maximum Gasteiger partial charge on any atom is 0.175 e. The third kappa shape index (κ3) is 3.19. The first-order valence-electron chi connectivity index (χ1n) is 6.77. The summed E-state index contributed by atoms with van der Waals surface area (Å²) in [6.07, 6.45) is 2.90. The number of rotatable bonds is 5. The van der Waals surface area contributed by atoms with E-state index >= 15 is 0 Å². The Bertz CT molecular complexity index is 722. The Morgan fingerprint density at radius 1 is 1.14 bits per heavy atom. The number of benzene rings is 1. The van der Waals surface area contributed by atoms with Crippen molar-refractivity contribution in [2.75, 3.05) is 5.73 Å². The van der Waals surface area contributed by atoms with E-state index in [0.29, 0.717) is 5.82 Å². The van der Waals surface area contributed by atoms with Gasteiger partial charge < -0.3 is 10.3 Å². The molecule has 2 N–H and O–H groups in total. The molecule has 0 aliphatic rings. The minimum absolute atomic E-state index is 0.452. The average Bonchev–Trinajstić information content (AvgIpc) is 3.11. The lowest BCUT2D eigenvalue weighted by molar-refractivity contribution is 0.384. The summed E-state index contributed by atoms with van der Waals surface area (Å²) >= 11 is 5.35. The number of halogens is 1. The van der Waals surface area contributed by atoms with E-state index in [1.807, 2.05) is 24.3 Å². The highest BCUT2D eigenvalue weighted by molar-refractivity contribution is 9.10. The van der Waals surface area contributed by atoms with E-state index in [2.05, 4.69) is 38.6 Å². The maximum absolute atomic E-state index is 5.98. The molecule has 2 heterocycles. The average molecular weight is 363 g/mol. The van der Waals surface area contributed by atoms with Crippen molar-refractivity contribution in [2.24, 2.45) is 0 Å². The van der Waals surface area contributed by atoms with Crippen LogP contribution in [0.1, 0.15) is 17.1 Å². The second-order valence-electron chi connectivity index (χ2n) is 4.78. The van der Waals surface area contributed by atoms with Crippen molar-refractivity contribution >= 4 is 33.1 Å². The van der Waals surface area contributed by atoms with E-state index in [1.54, 1.807) is 11.3 Å². The Morgan fingerprint density at radius 2 is 2.00 bits per heavy atom. The maximum atomic E-state index is 5.98. The fourth-order valence-electron chi connectivity index (χ4n) is 2.34. The third-order valence-corrected chi connectivity index (χ3v) is 4.97. The van der Waals surface area contributed by atoms with E-state index in [4.69, 9.17) is 10.3 Å². The largest absolute Gasteiger partial charge is 0.380 e. The fourth-order valence-corrected chi connectivity index (χ4v) is 3.57. The van der Waals surface area contributed by atoms with Crippen molar-refractivity contribution in [3.8, 4) is 11.1 Å². The van der Waals surface area contributed by atoms with Gasteiger partial charge in [0.2, 0.25) is 0 Å². The molecular formula is C16H15BrN2OS. The van der Waals surface area contributed by atoms with Crippen molar-refractivity contribution in [3.05, 3.63) is 56.9 Å². The zero-order valence-electron chi connectivity index (χ0n) is 11.4. The first kappa shape index (κ1) is 14.4. The molecule has 0 spiro atoms. The van der Waals surface area contributed by atoms with Crippen LogP contribution in [0.2, 0.25) is 0 Å². The summed E-state index contributed by atoms with van der Waals surface area (Å²) in [6.45, 7) is 0. The Kier molecular flexibility index (Phi) is 4.41. The molecular weight excluding hydrogens is 348 g/mol. The van der Waals surface area contributed by atoms with Gasteiger partial charge in [-0.2, -0.15) is 0 Å². The highest BCUT2D eigenvalue weighted by Gasteiger charge is 2.17. The first-order valence-corrected chi connectivity index (χ1v) is 8.44. The molecule has 0 aliphatic carbocycles. The summed E-state index contributed by atoms with van der Waals surface area (Å²) in [4.78, 5) is 1.39. The number of nitrogens with two attached hydrogens (primary N) is 1. The standard InChI is InChI=1S/C16H15BrN2OS/c17-13-8-2-1-7-12(13)15-14(20-19-16(15)18)9-3-5-11-6-4-10-21-11/h1-2,4,6-8,10H,3,5,9H2,(H2,18,19). The summed E-state index contributed by atoms with van der Waals surface area (Å²) in [5.41, 5.74) is 7.93. The molecule has 3 aromatic rings. The van der Waals surface area contributed by atoms with Gasteiger partial charge in [0.15, 0.2) is 5.82 Å². The molecule has 5 heteroatoms. The predicted molar refractivity (Wildman–Crippen MR) is 90.4 cm³/mol. The number of thiophene rings is 1. The SMILES string of the molecule is Nc1noc(CCCc2cccs2)c1-c1ccccc1Br. The molecule has 0 amide bonds. The van der Waals surface area contributed by atoms with E-state index in [-0.39, 0.29) is 0 Å². The smallest absolute Gasteiger partial charge is 0.175 e. The summed E-state index contributed by atoms with van der Waals surface area (Å²) in [5.74, 6) is 1.31. The van der Waals surface area contributed by atoms with E-state index in [1.165, 1.54) is 4.88 Å². The predicted octanol–water partition coefficient (Wildman–Crippen LogP) is 4.92. The number of aromatic nitrogens is 1. The van der Waals surface area contributed by atoms with E-state index in [0.717, 1.165) is 40.6 Å². The van der Waals surface area contributed by atoms with Gasteiger partial charge >= 0.3 is 0 Å². The van der Waals surface area contributed by atoms with Gasteiger partial charge in [-0.05, 0) is 30.4 Å². The summed E-state index contributed by atoms with van der Waals surface area (Å²) < 4.78 is 6.43. The molecule has 21 heavy (non-hydrogen) atoms. The third-order valence-electron chi connectivity index (χ3n) is 3.34. The van der Waals surface area contributed by atoms with Gasteiger partial charge in [-0.25, -0.2) is 0 Å². The first-order chi connectivity index (χ1) is 10.3. The molecule has 1 aromatic carbocycles. The lowest BCUT2D eigenvalue weighted by Crippen LogP contribution is -1.93. The van der Waals surface area contributed by atoms with Gasteiger partial charge in [0.25, 0.3) is 0 Å². The Labute approximate surface area is 135 Å². The normalized spacial score (nSPS) is 10.9. The van der Waals surface area contributed by atoms with Crippen molar-refractivity contribution in [1.29, 1.82) is 0 Å². The number of hydrogen-bond acceptors (Lipinski definition) is 4. The zero-order chi connectivity index (χ0) is 14.7. The molecule has 2 aromatic heterocycles. The fraction of sp³-hybridized carbons (Fsp3) is 0.188. The molecule has 0 saturated heterocycles. The molecule has 108 valence electrons. The molecule has 3 nitrogen and oxygen atoms in total. The molecule has 3 rings (SSSR count). The zero-order valence-corrected chi connectivity index (χ0v) is 13.8. The van der Waals surface area contributed by atoms with Gasteiger partial charge in [-0.3, -0.25) is 0 Å². The number of nitrogen functional groups attached to an aromatic ring is 1. The second kappa shape index (κ2) is 6.45. The van der Waals surface area contributed by atoms with Crippen LogP contribution >= 0.6 is 27.3 Å². The number of nitrogens with zero attached hydrogens (tertiary/aromatic N) is 1. The van der Waals surface area contributed by atoms with Gasteiger partial charge in [0.1, 0.15) is 5.76 Å². The van der Waals surface area contributed by atoms with Crippen molar-refractivity contribution in [2.45, 2.75) is 19.3 Å². The van der Waals surface area contributed by atoms with Crippen LogP contribution in [0.3, 0.4) is 0 Å². The van der Waals surface area contributed by atoms with Gasteiger partial charge in [-0.15, -0.1) is 11.3 Å². The minimum Gasteiger partial charge on any atom is -0.380 e. The van der Waals surface area contributed by atoms with Crippen molar-refractivity contribution in [3.63, 3.8) is 0 Å². The molecule has 0 unspecified atom stereocenters. The van der Waals surface area contributed by atoms with Gasteiger partial charge in [-0.1, -0.05) is 45.4 Å². The van der Waals surface area contributed by atoms with E-state index in [9.17, 15) is 0 Å². The van der Waals surface area contributed by atoms with Crippen LogP contribution in [0.5, 0.6) is 0 Å². The van der Waals surface area contributed by atoms with Gasteiger partial charge in [0, 0.05) is 21.3 Å². The van der Waals surface area contributed by atoms with Crippen LogP contribution in [0.15, 0.2) is 50.8 Å². The Hall–Kier alpha value is -1.59. The molecule has 0 aliphatic heterocycles. The topological polar surface area (TPSA) is 52.0 Å². The summed E-state index contributed by atoms with van der Waals surface area (Å²) in [5, 5.41) is 6.04. The lowest BCUT2D eigenvalue weighted by atomic mass is 10.0. The van der Waals surface area contributed by atoms with Crippen LogP contribution in [0.25, 0.3) is 11.1 Å². The number of hydrogen-bond donors (Lipinski definition) is 1. The Balaban J connectivity index is 1.79. The molecule has 0 saturated carbocycles.